The largest absolute Gasteiger partial charge is 0.436 e. The van der Waals surface area contributed by atoms with E-state index in [9.17, 15) is 8.42 Å². The summed E-state index contributed by atoms with van der Waals surface area (Å²) in [7, 11) is -3.54. The Morgan fingerprint density at radius 2 is 1.75 bits per heavy atom. The topological polar surface area (TPSA) is 72.2 Å². The number of anilines is 1. The number of fused-ring (bicyclic) bond motifs is 1. The van der Waals surface area contributed by atoms with Gasteiger partial charge in [0.05, 0.1) is 0 Å². The maximum Gasteiger partial charge on any atom is 0.271 e. The fraction of sp³-hybridized carbons (Fsp3) is 0. The Bertz CT molecular complexity index is 1050. The molecule has 2 heterocycles. The van der Waals surface area contributed by atoms with Gasteiger partial charge in [-0.05, 0) is 47.8 Å². The molecule has 5 nitrogen and oxygen atoms in total. The predicted octanol–water partition coefficient (Wildman–Crippen LogP) is 4.36. The number of thiophene rings is 1. The van der Waals surface area contributed by atoms with E-state index in [-0.39, 0.29) is 4.21 Å². The molecule has 120 valence electrons. The third-order valence-electron chi connectivity index (χ3n) is 3.44. The highest BCUT2D eigenvalue weighted by Gasteiger charge is 2.15. The number of hydrogen-bond acceptors (Lipinski definition) is 5. The maximum absolute atomic E-state index is 12.2. The minimum Gasteiger partial charge on any atom is -0.436 e. The number of oxazole rings is 1. The molecule has 0 amide bonds. The lowest BCUT2D eigenvalue weighted by Gasteiger charge is -2.06. The molecule has 0 aliphatic heterocycles. The van der Waals surface area contributed by atoms with Crippen LogP contribution in [0, 0.1) is 0 Å². The summed E-state index contributed by atoms with van der Waals surface area (Å²) in [6.07, 6.45) is 0. The van der Waals surface area contributed by atoms with Gasteiger partial charge < -0.3 is 4.42 Å². The molecule has 0 bridgehead atoms. The van der Waals surface area contributed by atoms with Crippen molar-refractivity contribution in [3.8, 4) is 11.5 Å². The fourth-order valence-corrected chi connectivity index (χ4v) is 4.35. The van der Waals surface area contributed by atoms with Gasteiger partial charge in [0.2, 0.25) is 5.89 Å². The molecule has 0 saturated heterocycles. The molecular weight excluding hydrogens is 344 g/mol. The molecule has 4 rings (SSSR count). The highest BCUT2D eigenvalue weighted by molar-refractivity contribution is 7.94. The van der Waals surface area contributed by atoms with Crippen molar-refractivity contribution in [2.45, 2.75) is 4.21 Å². The minimum atomic E-state index is -3.54. The number of nitrogens with zero attached hydrogens (tertiary/aromatic N) is 1. The van der Waals surface area contributed by atoms with E-state index in [0.29, 0.717) is 11.6 Å². The van der Waals surface area contributed by atoms with Crippen LogP contribution in [0.1, 0.15) is 0 Å². The number of hydrogen-bond donors (Lipinski definition) is 1. The summed E-state index contributed by atoms with van der Waals surface area (Å²) in [5.74, 6) is 0.504. The van der Waals surface area contributed by atoms with Crippen LogP contribution >= 0.6 is 11.3 Å². The molecule has 4 aromatic rings. The van der Waals surface area contributed by atoms with Gasteiger partial charge in [0.1, 0.15) is 9.73 Å². The van der Waals surface area contributed by atoms with Gasteiger partial charge in [0, 0.05) is 11.3 Å². The molecule has 1 N–H and O–H groups in total. The van der Waals surface area contributed by atoms with Crippen molar-refractivity contribution in [1.29, 1.82) is 0 Å². The van der Waals surface area contributed by atoms with E-state index in [1.165, 1.54) is 11.3 Å². The molecule has 0 spiro atoms. The van der Waals surface area contributed by atoms with Crippen LogP contribution in [0.2, 0.25) is 0 Å². The molecule has 0 saturated carbocycles. The van der Waals surface area contributed by atoms with Crippen LogP contribution in [-0.2, 0) is 10.0 Å². The molecule has 0 fully saturated rings. The summed E-state index contributed by atoms with van der Waals surface area (Å²) in [6, 6.07) is 17.7. The van der Waals surface area contributed by atoms with Crippen LogP contribution in [0.4, 0.5) is 5.69 Å². The van der Waals surface area contributed by atoms with E-state index in [1.54, 1.807) is 41.8 Å². The zero-order chi connectivity index (χ0) is 16.6. The molecule has 0 aliphatic rings. The Hall–Kier alpha value is -2.64. The molecular formula is C17H12N2O3S2. The van der Waals surface area contributed by atoms with Gasteiger partial charge in [0.15, 0.2) is 5.58 Å². The fourth-order valence-electron chi connectivity index (χ4n) is 2.30. The number of rotatable bonds is 4. The number of benzene rings is 2. The summed E-state index contributed by atoms with van der Waals surface area (Å²) in [5.41, 5.74) is 2.78. The number of para-hydroxylation sites is 2. The van der Waals surface area contributed by atoms with Crippen LogP contribution < -0.4 is 4.72 Å². The van der Waals surface area contributed by atoms with Crippen molar-refractivity contribution in [3.05, 3.63) is 66.0 Å². The first-order chi connectivity index (χ1) is 11.6. The normalized spacial score (nSPS) is 11.7. The summed E-state index contributed by atoms with van der Waals surface area (Å²) in [5, 5.41) is 1.73. The maximum atomic E-state index is 12.2. The molecule has 7 heteroatoms. The van der Waals surface area contributed by atoms with Crippen LogP contribution in [0.15, 0.2) is 74.7 Å². The molecule has 2 aromatic heterocycles. The lowest BCUT2D eigenvalue weighted by Crippen LogP contribution is -2.11. The van der Waals surface area contributed by atoms with Gasteiger partial charge >= 0.3 is 0 Å². The standard InChI is InChI=1S/C17H12N2O3S2/c20-24(21,16-6-3-11-23-16)19-13-9-7-12(8-10-13)17-18-14-4-1-2-5-15(14)22-17/h1-11,19H. The quantitative estimate of drug-likeness (QED) is 0.590. The summed E-state index contributed by atoms with van der Waals surface area (Å²) < 4.78 is 33.0. The van der Waals surface area contributed by atoms with Crippen molar-refractivity contribution < 1.29 is 12.8 Å². The van der Waals surface area contributed by atoms with Gasteiger partial charge in [-0.1, -0.05) is 18.2 Å². The summed E-state index contributed by atoms with van der Waals surface area (Å²) in [4.78, 5) is 4.42. The molecule has 0 radical (unpaired) electrons. The Kier molecular flexibility index (Phi) is 3.59. The third kappa shape index (κ3) is 2.79. The Morgan fingerprint density at radius 3 is 2.46 bits per heavy atom. The van der Waals surface area contributed by atoms with E-state index in [4.69, 9.17) is 4.42 Å². The van der Waals surface area contributed by atoms with E-state index in [2.05, 4.69) is 9.71 Å². The second kappa shape index (κ2) is 5.77. The number of nitrogens with one attached hydrogen (secondary N) is 1. The zero-order valence-corrected chi connectivity index (χ0v) is 14.0. The van der Waals surface area contributed by atoms with Crippen LogP contribution in [0.5, 0.6) is 0 Å². The van der Waals surface area contributed by atoms with E-state index in [0.717, 1.165) is 16.7 Å². The second-order valence-electron chi connectivity index (χ2n) is 5.10. The van der Waals surface area contributed by atoms with Gasteiger partial charge in [-0.3, -0.25) is 4.72 Å². The summed E-state index contributed by atoms with van der Waals surface area (Å²) in [6.45, 7) is 0. The van der Waals surface area contributed by atoms with E-state index in [1.807, 2.05) is 24.3 Å². The molecule has 24 heavy (non-hydrogen) atoms. The van der Waals surface area contributed by atoms with Crippen molar-refractivity contribution in [3.63, 3.8) is 0 Å². The highest BCUT2D eigenvalue weighted by atomic mass is 32.2. The van der Waals surface area contributed by atoms with Crippen molar-refractivity contribution in [1.82, 2.24) is 4.98 Å². The smallest absolute Gasteiger partial charge is 0.271 e. The average molecular weight is 356 g/mol. The van der Waals surface area contributed by atoms with Gasteiger partial charge in [-0.25, -0.2) is 13.4 Å². The van der Waals surface area contributed by atoms with Crippen LogP contribution in [0.3, 0.4) is 0 Å². The van der Waals surface area contributed by atoms with Gasteiger partial charge in [-0.15, -0.1) is 11.3 Å². The lowest BCUT2D eigenvalue weighted by atomic mass is 10.2. The van der Waals surface area contributed by atoms with Crippen LogP contribution in [-0.4, -0.2) is 13.4 Å². The molecule has 0 aliphatic carbocycles. The Morgan fingerprint density at radius 1 is 0.958 bits per heavy atom. The van der Waals surface area contributed by atoms with Gasteiger partial charge in [0.25, 0.3) is 10.0 Å². The second-order valence-corrected chi connectivity index (χ2v) is 7.96. The zero-order valence-electron chi connectivity index (χ0n) is 12.3. The predicted molar refractivity (Wildman–Crippen MR) is 94.6 cm³/mol. The average Bonchev–Trinajstić information content (AvgIpc) is 3.25. The molecule has 2 aromatic carbocycles. The van der Waals surface area contributed by atoms with Crippen molar-refractivity contribution in [2.75, 3.05) is 4.72 Å². The molecule has 0 unspecified atom stereocenters. The van der Waals surface area contributed by atoms with Gasteiger partial charge in [-0.2, -0.15) is 0 Å². The van der Waals surface area contributed by atoms with Crippen molar-refractivity contribution >= 4 is 38.1 Å². The van der Waals surface area contributed by atoms with Crippen LogP contribution in [0.25, 0.3) is 22.6 Å². The SMILES string of the molecule is O=S(=O)(Nc1ccc(-c2nc3ccccc3o2)cc1)c1cccs1. The third-order valence-corrected chi connectivity index (χ3v) is 6.22. The molecule has 0 atom stereocenters. The van der Waals surface area contributed by atoms with E-state index >= 15 is 0 Å². The van der Waals surface area contributed by atoms with E-state index < -0.39 is 10.0 Å². The Balaban J connectivity index is 1.61. The first-order valence-electron chi connectivity index (χ1n) is 7.14. The number of aromatic nitrogens is 1. The monoisotopic (exact) mass is 356 g/mol. The first-order valence-corrected chi connectivity index (χ1v) is 9.50. The first kappa shape index (κ1) is 14.9. The Labute approximate surface area is 142 Å². The highest BCUT2D eigenvalue weighted by Crippen LogP contribution is 2.26. The number of sulfonamides is 1. The summed E-state index contributed by atoms with van der Waals surface area (Å²) >= 11 is 1.18. The van der Waals surface area contributed by atoms with Crippen molar-refractivity contribution in [2.24, 2.45) is 0 Å². The lowest BCUT2D eigenvalue weighted by molar-refractivity contribution is 0.603. The minimum absolute atomic E-state index is 0.283.